The minimum absolute atomic E-state index is 0.0150. The highest BCUT2D eigenvalue weighted by Crippen LogP contribution is 2.34. The summed E-state index contributed by atoms with van der Waals surface area (Å²) in [5, 5.41) is -0.660. The molecule has 0 aromatic carbocycles. The van der Waals surface area contributed by atoms with Crippen molar-refractivity contribution in [3.05, 3.63) is 0 Å². The van der Waals surface area contributed by atoms with E-state index in [9.17, 15) is 18.0 Å². The predicted molar refractivity (Wildman–Crippen MR) is 50.7 cm³/mol. The van der Waals surface area contributed by atoms with Gasteiger partial charge in [0.2, 0.25) is 5.91 Å². The van der Waals surface area contributed by atoms with Crippen LogP contribution in [-0.4, -0.2) is 35.4 Å². The molecule has 15 heavy (non-hydrogen) atoms. The van der Waals surface area contributed by atoms with Crippen LogP contribution in [0, 0.1) is 5.92 Å². The Morgan fingerprint density at radius 1 is 1.40 bits per heavy atom. The zero-order valence-electron chi connectivity index (χ0n) is 8.35. The number of halogens is 4. The number of amides is 1. The Kier molecular flexibility index (Phi) is 3.87. The van der Waals surface area contributed by atoms with Crippen molar-refractivity contribution in [2.75, 3.05) is 13.1 Å². The van der Waals surface area contributed by atoms with E-state index in [1.165, 1.54) is 11.8 Å². The van der Waals surface area contributed by atoms with E-state index < -0.39 is 17.5 Å². The Morgan fingerprint density at radius 2 is 1.87 bits per heavy atom. The predicted octanol–water partition coefficient (Wildman–Crippen LogP) is 2.41. The lowest BCUT2D eigenvalue weighted by Crippen LogP contribution is -2.44. The van der Waals surface area contributed by atoms with Crippen LogP contribution in [0.1, 0.15) is 19.8 Å². The van der Waals surface area contributed by atoms with Crippen LogP contribution >= 0.6 is 11.6 Å². The lowest BCUT2D eigenvalue weighted by molar-refractivity contribution is -0.186. The van der Waals surface area contributed by atoms with Gasteiger partial charge >= 0.3 is 6.18 Å². The molecule has 6 heteroatoms. The SMILES string of the molecule is C[C@@H](Cl)C(=O)N1CCC(C(F)(F)F)CC1. The summed E-state index contributed by atoms with van der Waals surface area (Å²) in [4.78, 5) is 12.8. The number of likely N-dealkylation sites (tertiary alicyclic amines) is 1. The van der Waals surface area contributed by atoms with Crippen molar-refractivity contribution in [2.24, 2.45) is 5.92 Å². The number of carbonyl (C=O) groups excluding carboxylic acids is 1. The first-order chi connectivity index (χ1) is 6.82. The number of carbonyl (C=O) groups is 1. The highest BCUT2D eigenvalue weighted by molar-refractivity contribution is 6.30. The molecule has 1 saturated heterocycles. The monoisotopic (exact) mass is 243 g/mol. The molecule has 1 amide bonds. The molecule has 0 aliphatic carbocycles. The molecule has 1 aliphatic rings. The first-order valence-corrected chi connectivity index (χ1v) is 5.25. The molecule has 0 aromatic rings. The van der Waals surface area contributed by atoms with Crippen molar-refractivity contribution >= 4 is 17.5 Å². The first-order valence-electron chi connectivity index (χ1n) is 4.82. The van der Waals surface area contributed by atoms with Crippen LogP contribution in [0.5, 0.6) is 0 Å². The molecule has 2 nitrogen and oxygen atoms in total. The maximum absolute atomic E-state index is 12.3. The van der Waals surface area contributed by atoms with Gasteiger partial charge in [-0.05, 0) is 19.8 Å². The van der Waals surface area contributed by atoms with Gasteiger partial charge in [-0.1, -0.05) is 0 Å². The van der Waals surface area contributed by atoms with Gasteiger partial charge in [-0.15, -0.1) is 11.6 Å². The molecule has 0 bridgehead atoms. The molecule has 88 valence electrons. The summed E-state index contributed by atoms with van der Waals surface area (Å²) in [5.74, 6) is -1.55. The summed E-state index contributed by atoms with van der Waals surface area (Å²) in [7, 11) is 0. The Morgan fingerprint density at radius 3 is 2.20 bits per heavy atom. The third-order valence-corrected chi connectivity index (χ3v) is 2.80. The quantitative estimate of drug-likeness (QED) is 0.648. The van der Waals surface area contributed by atoms with Gasteiger partial charge < -0.3 is 4.90 Å². The lowest BCUT2D eigenvalue weighted by atomic mass is 9.96. The zero-order chi connectivity index (χ0) is 11.6. The zero-order valence-corrected chi connectivity index (χ0v) is 9.11. The molecule has 0 N–H and O–H groups in total. The first kappa shape index (κ1) is 12.6. The fourth-order valence-electron chi connectivity index (χ4n) is 1.68. The van der Waals surface area contributed by atoms with Gasteiger partial charge in [0.1, 0.15) is 5.38 Å². The molecule has 1 atom stereocenters. The van der Waals surface area contributed by atoms with Crippen LogP contribution in [0.15, 0.2) is 0 Å². The molecule has 0 aromatic heterocycles. The number of nitrogens with zero attached hydrogens (tertiary/aromatic N) is 1. The summed E-state index contributed by atoms with van der Waals surface area (Å²) in [6.45, 7) is 1.83. The van der Waals surface area contributed by atoms with E-state index in [1.807, 2.05) is 0 Å². The number of piperidine rings is 1. The van der Waals surface area contributed by atoms with Crippen molar-refractivity contribution in [3.8, 4) is 0 Å². The average Bonchev–Trinajstić information content (AvgIpc) is 2.15. The molecule has 0 radical (unpaired) electrons. The van der Waals surface area contributed by atoms with Gasteiger partial charge in [-0.3, -0.25) is 4.79 Å². The van der Waals surface area contributed by atoms with Gasteiger partial charge in [0.15, 0.2) is 0 Å². The maximum atomic E-state index is 12.3. The van der Waals surface area contributed by atoms with Crippen LogP contribution in [0.4, 0.5) is 13.2 Å². The fourth-order valence-corrected chi connectivity index (χ4v) is 1.82. The highest BCUT2D eigenvalue weighted by Gasteiger charge is 2.41. The normalized spacial score (nSPS) is 21.5. The Labute approximate surface area is 91.4 Å². The Hall–Kier alpha value is -0.450. The molecular formula is C9H13ClF3NO. The van der Waals surface area contributed by atoms with Crippen LogP contribution < -0.4 is 0 Å². The van der Waals surface area contributed by atoms with Crippen molar-refractivity contribution < 1.29 is 18.0 Å². The van der Waals surface area contributed by atoms with E-state index in [-0.39, 0.29) is 31.8 Å². The molecule has 0 unspecified atom stereocenters. The summed E-state index contributed by atoms with van der Waals surface area (Å²) in [5.41, 5.74) is 0. The number of alkyl halides is 4. The standard InChI is InChI=1S/C9H13ClF3NO/c1-6(10)8(15)14-4-2-7(3-5-14)9(11,12)13/h6-7H,2-5H2,1H3/t6-/m1/s1. The molecule has 0 saturated carbocycles. The van der Waals surface area contributed by atoms with Crippen molar-refractivity contribution in [1.82, 2.24) is 4.90 Å². The second-order valence-electron chi connectivity index (χ2n) is 3.76. The van der Waals surface area contributed by atoms with Crippen molar-refractivity contribution in [3.63, 3.8) is 0 Å². The van der Waals surface area contributed by atoms with Crippen LogP contribution in [-0.2, 0) is 4.79 Å². The number of hydrogen-bond donors (Lipinski definition) is 0. The van der Waals surface area contributed by atoms with E-state index >= 15 is 0 Å². The summed E-state index contributed by atoms with van der Waals surface area (Å²) in [6.07, 6.45) is -4.17. The molecule has 1 rings (SSSR count). The molecule has 1 fully saturated rings. The second-order valence-corrected chi connectivity index (χ2v) is 4.41. The number of hydrogen-bond acceptors (Lipinski definition) is 1. The smallest absolute Gasteiger partial charge is 0.341 e. The number of rotatable bonds is 1. The highest BCUT2D eigenvalue weighted by atomic mass is 35.5. The summed E-state index contributed by atoms with van der Waals surface area (Å²) < 4.78 is 36.9. The van der Waals surface area contributed by atoms with Crippen molar-refractivity contribution in [2.45, 2.75) is 31.3 Å². The van der Waals surface area contributed by atoms with Crippen LogP contribution in [0.3, 0.4) is 0 Å². The van der Waals surface area contributed by atoms with Gasteiger partial charge in [0.25, 0.3) is 0 Å². The average molecular weight is 244 g/mol. The van der Waals surface area contributed by atoms with E-state index in [0.29, 0.717) is 0 Å². The van der Waals surface area contributed by atoms with E-state index in [4.69, 9.17) is 11.6 Å². The van der Waals surface area contributed by atoms with Gasteiger partial charge in [0, 0.05) is 13.1 Å². The molecular weight excluding hydrogens is 231 g/mol. The minimum atomic E-state index is -4.14. The van der Waals surface area contributed by atoms with Gasteiger partial charge in [-0.2, -0.15) is 13.2 Å². The lowest BCUT2D eigenvalue weighted by Gasteiger charge is -2.33. The third kappa shape index (κ3) is 3.26. The largest absolute Gasteiger partial charge is 0.391 e. The van der Waals surface area contributed by atoms with E-state index in [2.05, 4.69) is 0 Å². The minimum Gasteiger partial charge on any atom is -0.341 e. The van der Waals surface area contributed by atoms with Gasteiger partial charge in [0.05, 0.1) is 5.92 Å². The third-order valence-electron chi connectivity index (χ3n) is 2.61. The summed E-state index contributed by atoms with van der Waals surface area (Å²) in [6, 6.07) is 0. The van der Waals surface area contributed by atoms with Crippen molar-refractivity contribution in [1.29, 1.82) is 0 Å². The Bertz CT molecular complexity index is 234. The Balaban J connectivity index is 2.46. The topological polar surface area (TPSA) is 20.3 Å². The van der Waals surface area contributed by atoms with E-state index in [1.54, 1.807) is 0 Å². The molecule has 1 heterocycles. The van der Waals surface area contributed by atoms with Crippen LogP contribution in [0.25, 0.3) is 0 Å². The summed E-state index contributed by atoms with van der Waals surface area (Å²) >= 11 is 5.57. The molecule has 1 aliphatic heterocycles. The maximum Gasteiger partial charge on any atom is 0.391 e. The van der Waals surface area contributed by atoms with Gasteiger partial charge in [-0.25, -0.2) is 0 Å². The molecule has 0 spiro atoms. The van der Waals surface area contributed by atoms with E-state index in [0.717, 1.165) is 0 Å². The fraction of sp³-hybridized carbons (Fsp3) is 0.889. The second kappa shape index (κ2) is 4.60. The van der Waals surface area contributed by atoms with Crippen LogP contribution in [0.2, 0.25) is 0 Å².